The summed E-state index contributed by atoms with van der Waals surface area (Å²) in [6, 6.07) is 3.26. The fourth-order valence-electron chi connectivity index (χ4n) is 2.35. The Morgan fingerprint density at radius 1 is 1.37 bits per heavy atom. The molecule has 0 amide bonds. The van der Waals surface area contributed by atoms with Crippen molar-refractivity contribution in [1.29, 1.82) is 0 Å². The zero-order valence-electron chi connectivity index (χ0n) is 10.6. The largest absolute Gasteiger partial charge is 0.399 e. The standard InChI is InChI=1S/C12H17FN2O2S2/c1-18-12-4-2-3-11(12)15-19(16,17)10-6-8(13)5-9(14)7-10/h5-7,11-12,15H,2-4,14H2,1H3. The first-order valence-electron chi connectivity index (χ1n) is 6.03. The number of hydrogen-bond acceptors (Lipinski definition) is 4. The summed E-state index contributed by atoms with van der Waals surface area (Å²) in [5, 5.41) is 0.278. The molecule has 7 heteroatoms. The van der Waals surface area contributed by atoms with Gasteiger partial charge in [0, 0.05) is 17.0 Å². The highest BCUT2D eigenvalue weighted by Crippen LogP contribution is 2.29. The van der Waals surface area contributed by atoms with Crippen LogP contribution >= 0.6 is 11.8 Å². The van der Waals surface area contributed by atoms with Crippen molar-refractivity contribution in [2.75, 3.05) is 12.0 Å². The average molecular weight is 304 g/mol. The van der Waals surface area contributed by atoms with Crippen LogP contribution in [0.1, 0.15) is 19.3 Å². The van der Waals surface area contributed by atoms with Crippen LogP contribution in [0.25, 0.3) is 0 Å². The fraction of sp³-hybridized carbons (Fsp3) is 0.500. The maximum Gasteiger partial charge on any atom is 0.241 e. The van der Waals surface area contributed by atoms with Crippen LogP contribution in [0.3, 0.4) is 0 Å². The van der Waals surface area contributed by atoms with Crippen molar-refractivity contribution in [3.63, 3.8) is 0 Å². The smallest absolute Gasteiger partial charge is 0.241 e. The summed E-state index contributed by atoms with van der Waals surface area (Å²) in [5.41, 5.74) is 5.59. The van der Waals surface area contributed by atoms with Crippen molar-refractivity contribution in [2.45, 2.75) is 35.4 Å². The number of rotatable bonds is 4. The summed E-state index contributed by atoms with van der Waals surface area (Å²) in [6.45, 7) is 0. The SMILES string of the molecule is CSC1CCCC1NS(=O)(=O)c1cc(N)cc(F)c1. The molecule has 0 aromatic heterocycles. The second kappa shape index (κ2) is 5.68. The lowest BCUT2D eigenvalue weighted by Gasteiger charge is -2.19. The number of nitrogen functional groups attached to an aromatic ring is 1. The van der Waals surface area contributed by atoms with E-state index in [-0.39, 0.29) is 21.9 Å². The minimum absolute atomic E-state index is 0.0931. The van der Waals surface area contributed by atoms with Crippen molar-refractivity contribution in [2.24, 2.45) is 0 Å². The van der Waals surface area contributed by atoms with E-state index in [4.69, 9.17) is 5.73 Å². The lowest BCUT2D eigenvalue weighted by molar-refractivity contribution is 0.553. The molecular formula is C12H17FN2O2S2. The first-order chi connectivity index (χ1) is 8.92. The van der Waals surface area contributed by atoms with Crippen LogP contribution in [-0.2, 0) is 10.0 Å². The lowest BCUT2D eigenvalue weighted by Crippen LogP contribution is -2.38. The molecule has 1 aliphatic carbocycles. The van der Waals surface area contributed by atoms with Crippen LogP contribution < -0.4 is 10.5 Å². The molecule has 2 unspecified atom stereocenters. The summed E-state index contributed by atoms with van der Waals surface area (Å²) in [4.78, 5) is -0.114. The Labute approximate surface area is 117 Å². The van der Waals surface area contributed by atoms with Crippen LogP contribution in [0, 0.1) is 5.82 Å². The molecule has 0 bridgehead atoms. The molecule has 0 saturated heterocycles. The van der Waals surface area contributed by atoms with Crippen molar-refractivity contribution in [3.05, 3.63) is 24.0 Å². The summed E-state index contributed by atoms with van der Waals surface area (Å²) >= 11 is 1.66. The minimum atomic E-state index is -3.72. The van der Waals surface area contributed by atoms with Gasteiger partial charge in [0.2, 0.25) is 10.0 Å². The van der Waals surface area contributed by atoms with Crippen molar-refractivity contribution in [3.8, 4) is 0 Å². The molecule has 1 aromatic rings. The third-order valence-corrected chi connectivity index (χ3v) is 5.90. The molecule has 1 fully saturated rings. The Bertz CT molecular complexity index is 543. The first kappa shape index (κ1) is 14.6. The van der Waals surface area contributed by atoms with E-state index in [2.05, 4.69) is 4.72 Å². The zero-order valence-corrected chi connectivity index (χ0v) is 12.2. The van der Waals surface area contributed by atoms with Gasteiger partial charge in [0.05, 0.1) is 4.90 Å². The Hall–Kier alpha value is -0.790. The van der Waals surface area contributed by atoms with Crippen molar-refractivity contribution < 1.29 is 12.8 Å². The quantitative estimate of drug-likeness (QED) is 0.834. The molecule has 0 spiro atoms. The second-order valence-corrected chi connectivity index (χ2v) is 7.44. The highest BCUT2D eigenvalue weighted by Gasteiger charge is 2.30. The number of nitrogens with two attached hydrogens (primary N) is 1. The van der Waals surface area contributed by atoms with E-state index >= 15 is 0 Å². The minimum Gasteiger partial charge on any atom is -0.399 e. The molecule has 0 heterocycles. The molecule has 0 aliphatic heterocycles. The number of anilines is 1. The zero-order chi connectivity index (χ0) is 14.0. The Morgan fingerprint density at radius 3 is 2.74 bits per heavy atom. The van der Waals surface area contributed by atoms with Gasteiger partial charge in [-0.25, -0.2) is 17.5 Å². The molecule has 0 radical (unpaired) electrons. The molecule has 19 heavy (non-hydrogen) atoms. The van der Waals surface area contributed by atoms with E-state index in [1.165, 1.54) is 6.07 Å². The van der Waals surface area contributed by atoms with Gasteiger partial charge in [0.25, 0.3) is 0 Å². The van der Waals surface area contributed by atoms with E-state index in [1.807, 2.05) is 6.26 Å². The highest BCUT2D eigenvalue weighted by atomic mass is 32.2. The first-order valence-corrected chi connectivity index (χ1v) is 8.80. The number of hydrogen-bond donors (Lipinski definition) is 2. The van der Waals surface area contributed by atoms with Crippen LogP contribution in [0.4, 0.5) is 10.1 Å². The average Bonchev–Trinajstić information content (AvgIpc) is 2.74. The Balaban J connectivity index is 2.22. The number of nitrogens with one attached hydrogen (secondary N) is 1. The second-order valence-electron chi connectivity index (χ2n) is 4.65. The molecule has 106 valence electrons. The predicted molar refractivity (Wildman–Crippen MR) is 76.1 cm³/mol. The van der Waals surface area contributed by atoms with Gasteiger partial charge in [0.1, 0.15) is 5.82 Å². The lowest BCUT2D eigenvalue weighted by atomic mass is 10.3. The van der Waals surface area contributed by atoms with E-state index in [0.29, 0.717) is 0 Å². The van der Waals surface area contributed by atoms with Crippen molar-refractivity contribution in [1.82, 2.24) is 4.72 Å². The van der Waals surface area contributed by atoms with Crippen LogP contribution in [0.15, 0.2) is 23.1 Å². The Kier molecular flexibility index (Phi) is 4.37. The number of benzene rings is 1. The monoisotopic (exact) mass is 304 g/mol. The number of thioether (sulfide) groups is 1. The number of halogens is 1. The van der Waals surface area contributed by atoms with Gasteiger partial charge in [-0.2, -0.15) is 11.8 Å². The molecule has 1 aliphatic rings. The van der Waals surface area contributed by atoms with Crippen LogP contribution in [0.2, 0.25) is 0 Å². The summed E-state index contributed by atoms with van der Waals surface area (Å²) in [6.07, 6.45) is 4.79. The normalized spacial score (nSPS) is 23.7. The van der Waals surface area contributed by atoms with E-state index in [9.17, 15) is 12.8 Å². The van der Waals surface area contributed by atoms with Gasteiger partial charge in [-0.3, -0.25) is 0 Å². The van der Waals surface area contributed by atoms with Gasteiger partial charge >= 0.3 is 0 Å². The predicted octanol–water partition coefficient (Wildman–Crippen LogP) is 1.97. The molecular weight excluding hydrogens is 287 g/mol. The summed E-state index contributed by atoms with van der Waals surface area (Å²) in [5.74, 6) is -0.645. The third kappa shape index (κ3) is 3.40. The molecule has 1 saturated carbocycles. The molecule has 1 aromatic carbocycles. The fourth-order valence-corrected chi connectivity index (χ4v) is 4.75. The van der Waals surface area contributed by atoms with E-state index in [1.54, 1.807) is 11.8 Å². The van der Waals surface area contributed by atoms with E-state index in [0.717, 1.165) is 31.4 Å². The molecule has 2 rings (SSSR count). The van der Waals surface area contributed by atoms with Gasteiger partial charge in [-0.1, -0.05) is 6.42 Å². The van der Waals surface area contributed by atoms with Crippen LogP contribution in [0.5, 0.6) is 0 Å². The molecule has 2 atom stereocenters. The van der Waals surface area contributed by atoms with E-state index < -0.39 is 15.8 Å². The van der Waals surface area contributed by atoms with Crippen molar-refractivity contribution >= 4 is 27.5 Å². The van der Waals surface area contributed by atoms with Crippen LogP contribution in [-0.4, -0.2) is 26.0 Å². The maximum absolute atomic E-state index is 13.2. The van der Waals surface area contributed by atoms with Gasteiger partial charge in [-0.15, -0.1) is 0 Å². The van der Waals surface area contributed by atoms with Gasteiger partial charge < -0.3 is 5.73 Å². The number of sulfonamides is 1. The topological polar surface area (TPSA) is 72.2 Å². The highest BCUT2D eigenvalue weighted by molar-refractivity contribution is 7.99. The Morgan fingerprint density at radius 2 is 2.11 bits per heavy atom. The van der Waals surface area contributed by atoms with Gasteiger partial charge in [-0.05, 0) is 37.3 Å². The third-order valence-electron chi connectivity index (χ3n) is 3.27. The summed E-state index contributed by atoms with van der Waals surface area (Å²) < 4.78 is 40.3. The molecule has 3 N–H and O–H groups in total. The molecule has 4 nitrogen and oxygen atoms in total. The van der Waals surface area contributed by atoms with Gasteiger partial charge in [0.15, 0.2) is 0 Å². The maximum atomic E-state index is 13.2. The summed E-state index contributed by atoms with van der Waals surface area (Å²) in [7, 11) is -3.72.